The van der Waals surface area contributed by atoms with Gasteiger partial charge in [-0.2, -0.15) is 0 Å². The van der Waals surface area contributed by atoms with Crippen LogP contribution in [-0.4, -0.2) is 42.8 Å². The number of hydrogen-bond donors (Lipinski definition) is 1. The molecule has 7 heteroatoms. The van der Waals surface area contributed by atoms with Crippen LogP contribution in [-0.2, 0) is 6.54 Å². The van der Waals surface area contributed by atoms with Crippen LogP contribution in [0.4, 0.5) is 0 Å². The van der Waals surface area contributed by atoms with Crippen molar-refractivity contribution in [2.75, 3.05) is 21.3 Å². The molecule has 0 spiro atoms. The normalized spacial score (nSPS) is 14.4. The van der Waals surface area contributed by atoms with Crippen LogP contribution in [0.15, 0.2) is 46.6 Å². The molecule has 0 saturated carbocycles. The molecule has 0 radical (unpaired) electrons. The largest absolute Gasteiger partial charge is 0.491 e. The van der Waals surface area contributed by atoms with E-state index in [0.717, 1.165) is 22.4 Å². The number of thiol groups is 1. The first-order valence-electron chi connectivity index (χ1n) is 8.35. The highest BCUT2D eigenvalue weighted by Crippen LogP contribution is 2.34. The molecule has 2 heterocycles. The summed E-state index contributed by atoms with van der Waals surface area (Å²) >= 11 is 4.47. The number of fused-ring (bicyclic) bond motifs is 1. The number of pyridine rings is 1. The minimum absolute atomic E-state index is 0.0628. The topological polar surface area (TPSA) is 64.0 Å². The van der Waals surface area contributed by atoms with Gasteiger partial charge in [0.15, 0.2) is 5.75 Å². The number of methoxy groups -OCH3 is 2. The fraction of sp³-hybridized carbons (Fsp3) is 0.250. The quantitative estimate of drug-likeness (QED) is 0.633. The third kappa shape index (κ3) is 3.68. The van der Waals surface area contributed by atoms with Gasteiger partial charge in [0.1, 0.15) is 0 Å². The highest BCUT2D eigenvalue weighted by atomic mass is 32.1. The van der Waals surface area contributed by atoms with Gasteiger partial charge >= 0.3 is 0 Å². The van der Waals surface area contributed by atoms with E-state index >= 15 is 0 Å². The van der Waals surface area contributed by atoms with Gasteiger partial charge in [-0.15, -0.1) is 12.6 Å². The third-order valence-corrected chi connectivity index (χ3v) is 4.81. The Morgan fingerprint density at radius 2 is 2.04 bits per heavy atom. The smallest absolute Gasteiger partial charge is 0.259 e. The molecule has 140 valence electrons. The second-order valence-electron chi connectivity index (χ2n) is 6.07. The zero-order valence-corrected chi connectivity index (χ0v) is 16.6. The van der Waals surface area contributed by atoms with E-state index < -0.39 is 0 Å². The maximum Gasteiger partial charge on any atom is 0.259 e. The Morgan fingerprint density at radius 1 is 1.26 bits per heavy atom. The standard InChI is InChI=1S/C20H21N3O3S/c1-12(21-2)7-18(27)23-11-15-8-13(5-6-16(15)20(23)24)14-9-17(25-3)19(26-4)22-10-14/h5-10,27H,11H2,1-4H3/b18-7-,21-12-. The third-order valence-electron chi connectivity index (χ3n) is 4.44. The fourth-order valence-electron chi connectivity index (χ4n) is 2.90. The van der Waals surface area contributed by atoms with E-state index in [1.165, 1.54) is 0 Å². The Morgan fingerprint density at radius 3 is 2.70 bits per heavy atom. The van der Waals surface area contributed by atoms with Gasteiger partial charge < -0.3 is 9.47 Å². The molecule has 3 rings (SSSR count). The average Bonchev–Trinajstić information content (AvgIpc) is 3.03. The molecule has 1 aromatic carbocycles. The Bertz CT molecular complexity index is 953. The van der Waals surface area contributed by atoms with E-state index in [-0.39, 0.29) is 5.91 Å². The molecule has 6 nitrogen and oxygen atoms in total. The zero-order chi connectivity index (χ0) is 19.6. The monoisotopic (exact) mass is 383 g/mol. The molecule has 0 N–H and O–H groups in total. The molecular formula is C20H21N3O3S. The number of ether oxygens (including phenoxy) is 2. The number of carbonyl (C=O) groups excluding carboxylic acids is 1. The van der Waals surface area contributed by atoms with Gasteiger partial charge in [-0.1, -0.05) is 6.07 Å². The minimum atomic E-state index is -0.0628. The Hall–Kier alpha value is -2.80. The van der Waals surface area contributed by atoms with Crippen LogP contribution in [0, 0.1) is 0 Å². The summed E-state index contributed by atoms with van der Waals surface area (Å²) in [6, 6.07) is 7.61. The van der Waals surface area contributed by atoms with E-state index in [0.29, 0.717) is 28.8 Å². The molecular weight excluding hydrogens is 362 g/mol. The molecule has 1 aliphatic heterocycles. The van der Waals surface area contributed by atoms with Crippen molar-refractivity contribution >= 4 is 24.2 Å². The number of nitrogens with zero attached hydrogens (tertiary/aromatic N) is 3. The summed E-state index contributed by atoms with van der Waals surface area (Å²) in [6.45, 7) is 2.33. The molecule has 27 heavy (non-hydrogen) atoms. The number of hydrogen-bond acceptors (Lipinski definition) is 6. The molecule has 2 aromatic rings. The van der Waals surface area contributed by atoms with E-state index in [1.54, 1.807) is 38.4 Å². The van der Waals surface area contributed by atoms with Gasteiger partial charge in [-0.25, -0.2) is 4.98 Å². The highest BCUT2D eigenvalue weighted by Gasteiger charge is 2.29. The summed E-state index contributed by atoms with van der Waals surface area (Å²) in [4.78, 5) is 22.7. The van der Waals surface area contributed by atoms with Crippen molar-refractivity contribution in [3.8, 4) is 22.8 Å². The second kappa shape index (κ2) is 7.84. The van der Waals surface area contributed by atoms with Gasteiger partial charge in [0.05, 0.1) is 25.8 Å². The lowest BCUT2D eigenvalue weighted by Crippen LogP contribution is -2.21. The molecule has 0 unspecified atom stereocenters. The average molecular weight is 383 g/mol. The van der Waals surface area contributed by atoms with Crippen LogP contribution in [0.25, 0.3) is 11.1 Å². The molecule has 0 atom stereocenters. The fourth-order valence-corrected chi connectivity index (χ4v) is 3.25. The van der Waals surface area contributed by atoms with Gasteiger partial charge in [0.25, 0.3) is 11.8 Å². The number of benzene rings is 1. The lowest BCUT2D eigenvalue weighted by atomic mass is 10.0. The van der Waals surface area contributed by atoms with Crippen LogP contribution in [0.3, 0.4) is 0 Å². The van der Waals surface area contributed by atoms with Crippen LogP contribution in [0.1, 0.15) is 22.8 Å². The molecule has 1 aromatic heterocycles. The van der Waals surface area contributed by atoms with Crippen LogP contribution in [0.2, 0.25) is 0 Å². The van der Waals surface area contributed by atoms with Gasteiger partial charge in [0.2, 0.25) is 0 Å². The van der Waals surface area contributed by atoms with E-state index in [2.05, 4.69) is 22.6 Å². The van der Waals surface area contributed by atoms with Gasteiger partial charge in [-0.3, -0.25) is 14.7 Å². The molecule has 0 fully saturated rings. The molecule has 1 aliphatic rings. The maximum atomic E-state index is 12.7. The molecule has 1 amide bonds. The summed E-state index contributed by atoms with van der Waals surface area (Å²) < 4.78 is 10.5. The number of rotatable bonds is 5. The van der Waals surface area contributed by atoms with Gasteiger partial charge in [-0.05, 0) is 42.3 Å². The molecule has 0 bridgehead atoms. The lowest BCUT2D eigenvalue weighted by molar-refractivity contribution is 0.0838. The molecule has 0 aliphatic carbocycles. The zero-order valence-electron chi connectivity index (χ0n) is 15.7. The Kier molecular flexibility index (Phi) is 5.51. The summed E-state index contributed by atoms with van der Waals surface area (Å²) in [5.41, 5.74) is 4.27. The minimum Gasteiger partial charge on any atom is -0.491 e. The predicted molar refractivity (Wildman–Crippen MR) is 109 cm³/mol. The summed E-state index contributed by atoms with van der Waals surface area (Å²) in [5.74, 6) is 0.928. The van der Waals surface area contributed by atoms with Crippen molar-refractivity contribution in [1.29, 1.82) is 0 Å². The molecule has 0 saturated heterocycles. The van der Waals surface area contributed by atoms with E-state index in [4.69, 9.17) is 9.47 Å². The van der Waals surface area contributed by atoms with Gasteiger partial charge in [0, 0.05) is 30.1 Å². The number of amides is 1. The van der Waals surface area contributed by atoms with E-state index in [1.807, 2.05) is 31.2 Å². The predicted octanol–water partition coefficient (Wildman–Crippen LogP) is 3.58. The van der Waals surface area contributed by atoms with Crippen molar-refractivity contribution in [1.82, 2.24) is 9.88 Å². The highest BCUT2D eigenvalue weighted by molar-refractivity contribution is 7.84. The first-order valence-corrected chi connectivity index (χ1v) is 8.80. The van der Waals surface area contributed by atoms with Crippen LogP contribution < -0.4 is 9.47 Å². The van der Waals surface area contributed by atoms with Crippen molar-refractivity contribution in [3.05, 3.63) is 52.7 Å². The summed E-state index contributed by atoms with van der Waals surface area (Å²) in [5, 5.41) is 0.577. The summed E-state index contributed by atoms with van der Waals surface area (Å²) in [6.07, 6.45) is 3.51. The van der Waals surface area contributed by atoms with Crippen molar-refractivity contribution in [2.24, 2.45) is 4.99 Å². The first kappa shape index (κ1) is 19.0. The van der Waals surface area contributed by atoms with Crippen LogP contribution >= 0.6 is 12.6 Å². The van der Waals surface area contributed by atoms with Crippen molar-refractivity contribution in [2.45, 2.75) is 13.5 Å². The number of aliphatic imine (C=N–C) groups is 1. The Balaban J connectivity index is 1.94. The second-order valence-corrected chi connectivity index (χ2v) is 6.52. The van der Waals surface area contributed by atoms with Crippen molar-refractivity contribution in [3.63, 3.8) is 0 Å². The maximum absolute atomic E-state index is 12.7. The lowest BCUT2D eigenvalue weighted by Gasteiger charge is -2.15. The summed E-state index contributed by atoms with van der Waals surface area (Å²) in [7, 11) is 4.83. The first-order chi connectivity index (χ1) is 13.0. The van der Waals surface area contributed by atoms with Crippen LogP contribution in [0.5, 0.6) is 11.6 Å². The van der Waals surface area contributed by atoms with E-state index in [9.17, 15) is 4.79 Å². The Labute approximate surface area is 163 Å². The van der Waals surface area contributed by atoms with Crippen molar-refractivity contribution < 1.29 is 14.3 Å². The number of carbonyl (C=O) groups is 1. The SMILES string of the molecule is C/N=C(C)\C=C(/S)N1Cc2cc(-c3cnc(OC)c(OC)c3)ccc2C1=O. The number of aromatic nitrogens is 1. The number of allylic oxidation sites excluding steroid dienone is 1.